The summed E-state index contributed by atoms with van der Waals surface area (Å²) < 4.78 is 0. The third-order valence-electron chi connectivity index (χ3n) is 4.79. The average molecular weight is 226 g/mol. The molecule has 0 aliphatic heterocycles. The number of rotatable bonds is 5. The normalized spacial score (nSPS) is 22.7. The van der Waals surface area contributed by atoms with Gasteiger partial charge in [-0.05, 0) is 32.9 Å². The third-order valence-corrected chi connectivity index (χ3v) is 4.79. The summed E-state index contributed by atoms with van der Waals surface area (Å²) >= 11 is 0. The molecule has 1 fully saturated rings. The van der Waals surface area contributed by atoms with Crippen LogP contribution in [-0.2, 0) is 0 Å². The molecule has 2 heteroatoms. The molecule has 0 radical (unpaired) electrons. The molecule has 1 rings (SSSR count). The van der Waals surface area contributed by atoms with Crippen LogP contribution in [0.15, 0.2) is 0 Å². The molecular formula is C14H30N2. The molecule has 1 aliphatic carbocycles. The topological polar surface area (TPSA) is 29.3 Å². The van der Waals surface area contributed by atoms with Crippen molar-refractivity contribution < 1.29 is 0 Å². The van der Waals surface area contributed by atoms with E-state index in [0.717, 1.165) is 0 Å². The van der Waals surface area contributed by atoms with Crippen LogP contribution in [0.1, 0.15) is 58.8 Å². The van der Waals surface area contributed by atoms with Crippen LogP contribution in [0.2, 0.25) is 0 Å². The van der Waals surface area contributed by atoms with E-state index in [-0.39, 0.29) is 5.54 Å². The first-order chi connectivity index (χ1) is 7.58. The van der Waals surface area contributed by atoms with Gasteiger partial charge in [-0.1, -0.05) is 46.0 Å². The molecule has 0 amide bonds. The zero-order valence-electron chi connectivity index (χ0n) is 11.6. The number of nitrogens with zero attached hydrogens (tertiary/aromatic N) is 1. The zero-order valence-corrected chi connectivity index (χ0v) is 11.6. The van der Waals surface area contributed by atoms with Crippen LogP contribution in [0.4, 0.5) is 0 Å². The van der Waals surface area contributed by atoms with E-state index in [2.05, 4.69) is 32.8 Å². The molecule has 0 saturated heterocycles. The molecule has 16 heavy (non-hydrogen) atoms. The smallest absolute Gasteiger partial charge is 0.0357 e. The maximum absolute atomic E-state index is 6.61. The largest absolute Gasteiger partial charge is 0.326 e. The van der Waals surface area contributed by atoms with Crippen molar-refractivity contribution in [2.24, 2.45) is 11.7 Å². The number of hydrogen-bond donors (Lipinski definition) is 1. The van der Waals surface area contributed by atoms with Crippen molar-refractivity contribution in [3.05, 3.63) is 0 Å². The van der Waals surface area contributed by atoms with Crippen molar-refractivity contribution >= 4 is 0 Å². The Labute approximate surface area is 102 Å². The Bertz CT molecular complexity index is 191. The van der Waals surface area contributed by atoms with Crippen molar-refractivity contribution in [3.63, 3.8) is 0 Å². The maximum Gasteiger partial charge on any atom is 0.0357 e. The maximum atomic E-state index is 6.61. The van der Waals surface area contributed by atoms with Crippen molar-refractivity contribution in [3.8, 4) is 0 Å². The molecule has 1 saturated carbocycles. The van der Waals surface area contributed by atoms with E-state index >= 15 is 0 Å². The van der Waals surface area contributed by atoms with Crippen LogP contribution in [0.5, 0.6) is 0 Å². The lowest BCUT2D eigenvalue weighted by atomic mass is 9.70. The van der Waals surface area contributed by atoms with Crippen LogP contribution in [-0.4, -0.2) is 30.6 Å². The van der Waals surface area contributed by atoms with Gasteiger partial charge in [0, 0.05) is 11.6 Å². The van der Waals surface area contributed by atoms with E-state index in [4.69, 9.17) is 5.73 Å². The highest BCUT2D eigenvalue weighted by molar-refractivity contribution is 5.01. The highest BCUT2D eigenvalue weighted by Gasteiger charge is 2.42. The number of nitrogens with two attached hydrogens (primary N) is 1. The van der Waals surface area contributed by atoms with Gasteiger partial charge >= 0.3 is 0 Å². The summed E-state index contributed by atoms with van der Waals surface area (Å²) in [6, 6.07) is 0.345. The number of hydrogen-bond acceptors (Lipinski definition) is 2. The molecule has 0 aromatic heterocycles. The lowest BCUT2D eigenvalue weighted by molar-refractivity contribution is 0.0471. The molecule has 1 aliphatic rings. The first kappa shape index (κ1) is 14.0. The van der Waals surface area contributed by atoms with Gasteiger partial charge in [-0.15, -0.1) is 0 Å². The Morgan fingerprint density at radius 3 is 1.94 bits per heavy atom. The van der Waals surface area contributed by atoms with Gasteiger partial charge in [0.25, 0.3) is 0 Å². The molecule has 2 nitrogen and oxygen atoms in total. The van der Waals surface area contributed by atoms with Crippen molar-refractivity contribution in [2.75, 3.05) is 14.1 Å². The first-order valence-corrected chi connectivity index (χ1v) is 7.01. The Morgan fingerprint density at radius 2 is 1.56 bits per heavy atom. The van der Waals surface area contributed by atoms with Crippen molar-refractivity contribution in [1.29, 1.82) is 0 Å². The Hall–Kier alpha value is -0.0800. The van der Waals surface area contributed by atoms with Gasteiger partial charge in [0.2, 0.25) is 0 Å². The van der Waals surface area contributed by atoms with Crippen LogP contribution >= 0.6 is 0 Å². The van der Waals surface area contributed by atoms with Crippen LogP contribution in [0.25, 0.3) is 0 Å². The first-order valence-electron chi connectivity index (χ1n) is 7.01. The fraction of sp³-hybridized carbons (Fsp3) is 1.00. The Morgan fingerprint density at radius 1 is 1.06 bits per heavy atom. The standard InChI is InChI=1S/C14H30N2/c1-5-12(6-2)13(15)14(16(3)4)10-8-7-9-11-14/h12-13H,5-11,15H2,1-4H3. The molecule has 2 N–H and O–H groups in total. The van der Waals surface area contributed by atoms with Crippen LogP contribution < -0.4 is 5.73 Å². The van der Waals surface area contributed by atoms with E-state index in [9.17, 15) is 0 Å². The molecule has 0 heterocycles. The average Bonchev–Trinajstić information content (AvgIpc) is 2.31. The summed E-state index contributed by atoms with van der Waals surface area (Å²) in [6.45, 7) is 4.56. The third kappa shape index (κ3) is 2.60. The van der Waals surface area contributed by atoms with Crippen molar-refractivity contribution in [2.45, 2.75) is 70.4 Å². The molecular weight excluding hydrogens is 196 g/mol. The van der Waals surface area contributed by atoms with E-state index in [0.29, 0.717) is 12.0 Å². The highest BCUT2D eigenvalue weighted by Crippen LogP contribution is 2.38. The fourth-order valence-electron chi connectivity index (χ4n) is 3.48. The van der Waals surface area contributed by atoms with Crippen LogP contribution in [0.3, 0.4) is 0 Å². The summed E-state index contributed by atoms with van der Waals surface area (Å²) in [5, 5.41) is 0. The summed E-state index contributed by atoms with van der Waals surface area (Å²) in [5.41, 5.74) is 6.88. The predicted molar refractivity (Wildman–Crippen MR) is 71.6 cm³/mol. The molecule has 0 aromatic carbocycles. The minimum Gasteiger partial charge on any atom is -0.326 e. The van der Waals surface area contributed by atoms with Crippen molar-refractivity contribution in [1.82, 2.24) is 4.90 Å². The lowest BCUT2D eigenvalue weighted by Crippen LogP contribution is -2.61. The quantitative estimate of drug-likeness (QED) is 0.781. The second-order valence-electron chi connectivity index (χ2n) is 5.66. The predicted octanol–water partition coefficient (Wildman–Crippen LogP) is 3.01. The molecule has 0 bridgehead atoms. The minimum absolute atomic E-state index is 0.273. The Kier molecular flexibility index (Phi) is 5.26. The molecule has 1 unspecified atom stereocenters. The highest BCUT2D eigenvalue weighted by atomic mass is 15.2. The van der Waals surface area contributed by atoms with Gasteiger partial charge < -0.3 is 10.6 Å². The second-order valence-corrected chi connectivity index (χ2v) is 5.66. The molecule has 1 atom stereocenters. The van der Waals surface area contributed by atoms with E-state index in [1.54, 1.807) is 0 Å². The summed E-state index contributed by atoms with van der Waals surface area (Å²) in [4.78, 5) is 2.41. The van der Waals surface area contributed by atoms with Gasteiger partial charge in [-0.25, -0.2) is 0 Å². The fourth-order valence-corrected chi connectivity index (χ4v) is 3.48. The number of likely N-dealkylation sites (N-methyl/N-ethyl adjacent to an activating group) is 1. The Balaban J connectivity index is 2.82. The summed E-state index contributed by atoms with van der Waals surface area (Å²) in [7, 11) is 4.43. The van der Waals surface area contributed by atoms with E-state index in [1.165, 1.54) is 44.9 Å². The molecule has 0 spiro atoms. The van der Waals surface area contributed by atoms with E-state index in [1.807, 2.05) is 0 Å². The van der Waals surface area contributed by atoms with Gasteiger partial charge in [0.15, 0.2) is 0 Å². The van der Waals surface area contributed by atoms with E-state index < -0.39 is 0 Å². The lowest BCUT2D eigenvalue weighted by Gasteiger charge is -2.49. The van der Waals surface area contributed by atoms with Gasteiger partial charge in [-0.2, -0.15) is 0 Å². The summed E-state index contributed by atoms with van der Waals surface area (Å²) in [6.07, 6.45) is 9.11. The van der Waals surface area contributed by atoms with Gasteiger partial charge in [0.05, 0.1) is 0 Å². The molecule has 96 valence electrons. The minimum atomic E-state index is 0.273. The summed E-state index contributed by atoms with van der Waals surface area (Å²) in [5.74, 6) is 0.681. The van der Waals surface area contributed by atoms with Gasteiger partial charge in [0.1, 0.15) is 0 Å². The monoisotopic (exact) mass is 226 g/mol. The molecule has 0 aromatic rings. The zero-order chi connectivity index (χ0) is 12.2. The van der Waals surface area contributed by atoms with Crippen LogP contribution in [0, 0.1) is 5.92 Å². The van der Waals surface area contributed by atoms with Gasteiger partial charge in [-0.3, -0.25) is 0 Å². The SMILES string of the molecule is CCC(CC)C(N)C1(N(C)C)CCCCC1. The second kappa shape index (κ2) is 6.02.